The van der Waals surface area contributed by atoms with E-state index in [1.807, 2.05) is 37.3 Å². The molecule has 0 aliphatic rings. The zero-order chi connectivity index (χ0) is 17.4. The molecule has 0 heterocycles. The fourth-order valence-electron chi connectivity index (χ4n) is 2.38. The Kier molecular flexibility index (Phi) is 6.63. The number of ether oxygens (including phenoxy) is 1. The van der Waals surface area contributed by atoms with E-state index >= 15 is 0 Å². The smallest absolute Gasteiger partial charge is 0.307 e. The highest BCUT2D eigenvalue weighted by molar-refractivity contribution is 5.70. The summed E-state index contributed by atoms with van der Waals surface area (Å²) >= 11 is 0. The summed E-state index contributed by atoms with van der Waals surface area (Å²) in [6, 6.07) is 12.9. The van der Waals surface area contributed by atoms with Gasteiger partial charge in [-0.3, -0.25) is 4.79 Å². The van der Waals surface area contributed by atoms with Crippen molar-refractivity contribution in [1.82, 2.24) is 5.32 Å². The molecule has 2 aromatic carbocycles. The number of aliphatic carboxylic acids is 1. The van der Waals surface area contributed by atoms with Gasteiger partial charge in [0.05, 0.1) is 13.0 Å². The number of nitrogens with one attached hydrogen (secondary N) is 1. The number of benzene rings is 2. The first kappa shape index (κ1) is 17.8. The average Bonchev–Trinajstić information content (AvgIpc) is 2.54. The third-order valence-electron chi connectivity index (χ3n) is 3.49. The van der Waals surface area contributed by atoms with Gasteiger partial charge < -0.3 is 20.3 Å². The molecule has 0 saturated heterocycles. The molecule has 0 amide bonds. The van der Waals surface area contributed by atoms with Gasteiger partial charge in [-0.15, -0.1) is 0 Å². The van der Waals surface area contributed by atoms with Gasteiger partial charge in [-0.1, -0.05) is 37.3 Å². The normalized spacial score (nSPS) is 10.5. The van der Waals surface area contributed by atoms with E-state index in [0.717, 1.165) is 23.1 Å². The van der Waals surface area contributed by atoms with Crippen LogP contribution in [0.25, 0.3) is 0 Å². The Morgan fingerprint density at radius 3 is 2.46 bits per heavy atom. The van der Waals surface area contributed by atoms with Crippen LogP contribution >= 0.6 is 0 Å². The summed E-state index contributed by atoms with van der Waals surface area (Å²) in [4.78, 5) is 10.8. The highest BCUT2D eigenvalue weighted by atomic mass is 16.5. The zero-order valence-electron chi connectivity index (χ0n) is 13.8. The lowest BCUT2D eigenvalue weighted by Crippen LogP contribution is -2.13. The maximum Gasteiger partial charge on any atom is 0.307 e. The van der Waals surface area contributed by atoms with Crippen LogP contribution in [0.15, 0.2) is 42.5 Å². The highest BCUT2D eigenvalue weighted by Gasteiger charge is 2.04. The number of rotatable bonds is 9. The molecule has 0 radical (unpaired) electrons. The van der Waals surface area contributed by atoms with Gasteiger partial charge in [-0.25, -0.2) is 0 Å². The molecule has 0 fully saturated rings. The molecule has 0 atom stereocenters. The van der Waals surface area contributed by atoms with Crippen LogP contribution in [0.1, 0.15) is 30.0 Å². The molecule has 0 aliphatic carbocycles. The number of aromatic hydroxyl groups is 1. The van der Waals surface area contributed by atoms with Crippen LogP contribution in [0.5, 0.6) is 11.5 Å². The van der Waals surface area contributed by atoms with Crippen molar-refractivity contribution in [2.45, 2.75) is 32.9 Å². The van der Waals surface area contributed by atoms with Gasteiger partial charge in [-0.05, 0) is 35.2 Å². The van der Waals surface area contributed by atoms with E-state index in [2.05, 4.69) is 5.32 Å². The van der Waals surface area contributed by atoms with E-state index in [1.165, 1.54) is 0 Å². The van der Waals surface area contributed by atoms with Gasteiger partial charge in [0.1, 0.15) is 0 Å². The summed E-state index contributed by atoms with van der Waals surface area (Å²) in [5.41, 5.74) is 2.77. The van der Waals surface area contributed by atoms with Crippen molar-refractivity contribution in [2.24, 2.45) is 0 Å². The fourth-order valence-corrected chi connectivity index (χ4v) is 2.38. The maximum atomic E-state index is 10.8. The molecular weight excluding hydrogens is 306 g/mol. The Bertz CT molecular complexity index is 685. The molecule has 0 unspecified atom stereocenters. The molecule has 24 heavy (non-hydrogen) atoms. The summed E-state index contributed by atoms with van der Waals surface area (Å²) in [5, 5.41) is 22.1. The molecule has 0 bridgehead atoms. The third kappa shape index (κ3) is 5.59. The van der Waals surface area contributed by atoms with E-state index in [0.29, 0.717) is 25.4 Å². The number of hydrogen-bond acceptors (Lipinski definition) is 4. The Morgan fingerprint density at radius 1 is 1.08 bits per heavy atom. The van der Waals surface area contributed by atoms with E-state index < -0.39 is 5.97 Å². The van der Waals surface area contributed by atoms with Crippen molar-refractivity contribution in [3.05, 3.63) is 59.2 Å². The highest BCUT2D eigenvalue weighted by Crippen LogP contribution is 2.26. The first-order chi connectivity index (χ1) is 11.6. The molecule has 0 saturated carbocycles. The largest absolute Gasteiger partial charge is 0.504 e. The fraction of sp³-hybridized carbons (Fsp3) is 0.316. The molecule has 128 valence electrons. The molecule has 2 aromatic rings. The van der Waals surface area contributed by atoms with Crippen LogP contribution in [0.2, 0.25) is 0 Å². The first-order valence-electron chi connectivity index (χ1n) is 8.03. The predicted molar refractivity (Wildman–Crippen MR) is 92.2 cm³/mol. The summed E-state index contributed by atoms with van der Waals surface area (Å²) < 4.78 is 5.44. The Morgan fingerprint density at radius 2 is 1.79 bits per heavy atom. The SMILES string of the molecule is CCCOc1ccc(CNCc2cccc(CC(=O)O)c2)cc1O. The van der Waals surface area contributed by atoms with Crippen molar-refractivity contribution in [3.8, 4) is 11.5 Å². The number of carbonyl (C=O) groups is 1. The van der Waals surface area contributed by atoms with Crippen LogP contribution in [0, 0.1) is 0 Å². The number of phenolic OH excluding ortho intramolecular Hbond substituents is 1. The standard InChI is InChI=1S/C19H23NO4/c1-2-8-24-18-7-6-16(10-17(18)21)13-20-12-15-5-3-4-14(9-15)11-19(22)23/h3-7,9-10,20-21H,2,8,11-13H2,1H3,(H,22,23). The van der Waals surface area contributed by atoms with Crippen molar-refractivity contribution < 1.29 is 19.7 Å². The topological polar surface area (TPSA) is 78.8 Å². The van der Waals surface area contributed by atoms with E-state index in [1.54, 1.807) is 12.1 Å². The van der Waals surface area contributed by atoms with Gasteiger partial charge >= 0.3 is 5.97 Å². The molecule has 5 heteroatoms. The second-order valence-electron chi connectivity index (χ2n) is 5.64. The first-order valence-corrected chi connectivity index (χ1v) is 8.03. The van der Waals surface area contributed by atoms with Gasteiger partial charge in [0.2, 0.25) is 0 Å². The van der Waals surface area contributed by atoms with Crippen molar-refractivity contribution in [2.75, 3.05) is 6.61 Å². The zero-order valence-corrected chi connectivity index (χ0v) is 13.8. The molecule has 0 spiro atoms. The molecule has 2 rings (SSSR count). The maximum absolute atomic E-state index is 10.8. The number of carboxylic acids is 1. The minimum Gasteiger partial charge on any atom is -0.504 e. The number of hydrogen-bond donors (Lipinski definition) is 3. The minimum absolute atomic E-state index is 0.0287. The molecule has 3 N–H and O–H groups in total. The predicted octanol–water partition coefficient (Wildman–Crippen LogP) is 3.10. The van der Waals surface area contributed by atoms with Crippen LogP contribution in [-0.2, 0) is 24.3 Å². The van der Waals surface area contributed by atoms with Gasteiger partial charge in [0.15, 0.2) is 11.5 Å². The number of phenols is 1. The van der Waals surface area contributed by atoms with Crippen molar-refractivity contribution >= 4 is 5.97 Å². The third-order valence-corrected chi connectivity index (χ3v) is 3.49. The Balaban J connectivity index is 1.87. The lowest BCUT2D eigenvalue weighted by Gasteiger charge is -2.10. The van der Waals surface area contributed by atoms with Crippen LogP contribution < -0.4 is 10.1 Å². The lowest BCUT2D eigenvalue weighted by atomic mass is 10.1. The van der Waals surface area contributed by atoms with E-state index in [9.17, 15) is 9.90 Å². The number of carboxylic acid groups (broad SMARTS) is 1. The van der Waals surface area contributed by atoms with Gasteiger partial charge in [0, 0.05) is 13.1 Å². The molecule has 0 aliphatic heterocycles. The van der Waals surface area contributed by atoms with Crippen molar-refractivity contribution in [1.29, 1.82) is 0 Å². The molecular formula is C19H23NO4. The Hall–Kier alpha value is -2.53. The summed E-state index contributed by atoms with van der Waals surface area (Å²) in [5.74, 6) is -0.186. The quantitative estimate of drug-likeness (QED) is 0.659. The van der Waals surface area contributed by atoms with Gasteiger partial charge in [-0.2, -0.15) is 0 Å². The monoisotopic (exact) mass is 329 g/mol. The van der Waals surface area contributed by atoms with Crippen LogP contribution in [0.4, 0.5) is 0 Å². The Labute approximate surface area is 141 Å². The second kappa shape index (κ2) is 8.93. The van der Waals surface area contributed by atoms with Crippen LogP contribution in [-0.4, -0.2) is 22.8 Å². The summed E-state index contributed by atoms with van der Waals surface area (Å²) in [7, 11) is 0. The molecule has 0 aromatic heterocycles. The summed E-state index contributed by atoms with van der Waals surface area (Å²) in [6.07, 6.45) is 0.921. The molecule has 5 nitrogen and oxygen atoms in total. The van der Waals surface area contributed by atoms with E-state index in [4.69, 9.17) is 9.84 Å². The average molecular weight is 329 g/mol. The minimum atomic E-state index is -0.832. The lowest BCUT2D eigenvalue weighted by molar-refractivity contribution is -0.136. The van der Waals surface area contributed by atoms with E-state index in [-0.39, 0.29) is 12.2 Å². The van der Waals surface area contributed by atoms with Gasteiger partial charge in [0.25, 0.3) is 0 Å². The van der Waals surface area contributed by atoms with Crippen LogP contribution in [0.3, 0.4) is 0 Å². The second-order valence-corrected chi connectivity index (χ2v) is 5.64. The summed E-state index contributed by atoms with van der Waals surface area (Å²) in [6.45, 7) is 3.83. The van der Waals surface area contributed by atoms with Crippen molar-refractivity contribution in [3.63, 3.8) is 0 Å².